The number of hydrogen-bond acceptors (Lipinski definition) is 5. The van der Waals surface area contributed by atoms with Gasteiger partial charge in [0.05, 0.1) is 12.3 Å². The van der Waals surface area contributed by atoms with Gasteiger partial charge in [-0.15, -0.1) is 0 Å². The molecule has 0 bridgehead atoms. The summed E-state index contributed by atoms with van der Waals surface area (Å²) in [5, 5.41) is 5.95. The minimum Gasteiger partial charge on any atom is -0.357 e. The van der Waals surface area contributed by atoms with Gasteiger partial charge in [-0.3, -0.25) is 4.99 Å². The largest absolute Gasteiger partial charge is 0.511 e. The lowest BCUT2D eigenvalue weighted by Crippen LogP contribution is -2.51. The third-order valence-corrected chi connectivity index (χ3v) is 7.20. The fourth-order valence-corrected chi connectivity index (χ4v) is 3.98. The van der Waals surface area contributed by atoms with Gasteiger partial charge in [0.15, 0.2) is 15.8 Å². The van der Waals surface area contributed by atoms with Gasteiger partial charge in [0.25, 0.3) is 0 Å². The minimum absolute atomic E-state index is 0.0264. The van der Waals surface area contributed by atoms with Crippen molar-refractivity contribution in [1.82, 2.24) is 14.9 Å². The molecule has 0 saturated carbocycles. The second-order valence-electron chi connectivity index (χ2n) is 5.77. The Morgan fingerprint density at radius 1 is 1.15 bits per heavy atom. The second kappa shape index (κ2) is 9.22. The van der Waals surface area contributed by atoms with Crippen LogP contribution in [0.5, 0.6) is 0 Å². The van der Waals surface area contributed by atoms with E-state index in [0.717, 1.165) is 0 Å². The summed E-state index contributed by atoms with van der Waals surface area (Å²) in [6.07, 6.45) is 0.375. The van der Waals surface area contributed by atoms with Gasteiger partial charge in [0, 0.05) is 31.4 Å². The monoisotopic (exact) mass is 422 g/mol. The molecule has 13 heteroatoms. The number of hydrogen-bond donors (Lipinski definition) is 2. The number of piperidine rings is 1. The van der Waals surface area contributed by atoms with Gasteiger partial charge >= 0.3 is 15.5 Å². The van der Waals surface area contributed by atoms with Gasteiger partial charge in [0.2, 0.25) is 0 Å². The smallest absolute Gasteiger partial charge is 0.357 e. The molecule has 1 aliphatic heterocycles. The molecule has 26 heavy (non-hydrogen) atoms. The first-order chi connectivity index (χ1) is 11.9. The van der Waals surface area contributed by atoms with Crippen molar-refractivity contribution in [3.8, 4) is 0 Å². The predicted molar refractivity (Wildman–Crippen MR) is 93.0 cm³/mol. The Morgan fingerprint density at radius 3 is 2.19 bits per heavy atom. The van der Waals surface area contributed by atoms with Crippen molar-refractivity contribution in [3.63, 3.8) is 0 Å². The van der Waals surface area contributed by atoms with Gasteiger partial charge in [-0.25, -0.2) is 16.8 Å². The summed E-state index contributed by atoms with van der Waals surface area (Å²) < 4.78 is 83.9. The van der Waals surface area contributed by atoms with E-state index in [1.165, 1.54) is 0 Å². The Labute approximate surface area is 152 Å². The molecule has 0 aliphatic carbocycles. The first kappa shape index (κ1) is 23.0. The number of nitrogens with zero attached hydrogens (tertiary/aromatic N) is 2. The highest BCUT2D eigenvalue weighted by atomic mass is 32.2. The van der Waals surface area contributed by atoms with Crippen LogP contribution in [0.1, 0.15) is 26.7 Å². The third kappa shape index (κ3) is 6.58. The first-order valence-electron chi connectivity index (χ1n) is 8.24. The van der Waals surface area contributed by atoms with E-state index in [9.17, 15) is 30.0 Å². The molecule has 1 saturated heterocycles. The standard InChI is InChI=1S/C13H25F3N4O4S2/c1-3-17-12(18-7-10-25(21,22)4-2)19-11-5-8-20(9-6-11)26(23,24)13(14,15)16/h11H,3-10H2,1-2H3,(H2,17,18,19). The Bertz CT molecular complexity index is 685. The summed E-state index contributed by atoms with van der Waals surface area (Å²) in [6.45, 7) is 3.45. The molecule has 1 fully saturated rings. The van der Waals surface area contributed by atoms with Crippen LogP contribution in [0.15, 0.2) is 4.99 Å². The molecule has 0 aromatic rings. The zero-order valence-corrected chi connectivity index (χ0v) is 16.3. The van der Waals surface area contributed by atoms with Crippen LogP contribution in [-0.4, -0.2) is 76.3 Å². The fraction of sp³-hybridized carbons (Fsp3) is 0.923. The predicted octanol–water partition coefficient (Wildman–Crippen LogP) is 0.290. The van der Waals surface area contributed by atoms with E-state index < -0.39 is 25.4 Å². The second-order valence-corrected chi connectivity index (χ2v) is 10.2. The molecule has 0 radical (unpaired) electrons. The molecule has 1 aliphatic rings. The molecular weight excluding hydrogens is 397 g/mol. The molecule has 0 unspecified atom stereocenters. The maximum atomic E-state index is 12.6. The van der Waals surface area contributed by atoms with E-state index in [1.807, 2.05) is 6.92 Å². The van der Waals surface area contributed by atoms with Crippen molar-refractivity contribution in [2.75, 3.05) is 37.7 Å². The van der Waals surface area contributed by atoms with Crippen LogP contribution in [-0.2, 0) is 19.9 Å². The maximum Gasteiger partial charge on any atom is 0.511 e. The van der Waals surface area contributed by atoms with E-state index in [-0.39, 0.29) is 50.0 Å². The Morgan fingerprint density at radius 2 is 1.73 bits per heavy atom. The van der Waals surface area contributed by atoms with Gasteiger partial charge < -0.3 is 10.6 Å². The summed E-state index contributed by atoms with van der Waals surface area (Å²) in [5.41, 5.74) is -5.30. The van der Waals surface area contributed by atoms with E-state index in [0.29, 0.717) is 16.8 Å². The fourth-order valence-electron chi connectivity index (χ4n) is 2.34. The molecule has 0 spiro atoms. The van der Waals surface area contributed by atoms with Gasteiger partial charge in [-0.05, 0) is 19.8 Å². The zero-order valence-electron chi connectivity index (χ0n) is 14.7. The highest BCUT2D eigenvalue weighted by Gasteiger charge is 2.50. The number of alkyl halides is 3. The Hall–Kier alpha value is -1.08. The minimum atomic E-state index is -5.30. The van der Waals surface area contributed by atoms with E-state index in [4.69, 9.17) is 0 Å². The highest BCUT2D eigenvalue weighted by Crippen LogP contribution is 2.28. The van der Waals surface area contributed by atoms with Crippen molar-refractivity contribution in [1.29, 1.82) is 0 Å². The lowest BCUT2D eigenvalue weighted by atomic mass is 10.1. The summed E-state index contributed by atoms with van der Waals surface area (Å²) in [6, 6.07) is -0.254. The lowest BCUT2D eigenvalue weighted by Gasteiger charge is -2.32. The number of aliphatic imine (C=N–C) groups is 1. The van der Waals surface area contributed by atoms with E-state index in [2.05, 4.69) is 15.6 Å². The highest BCUT2D eigenvalue weighted by molar-refractivity contribution is 7.91. The summed E-state index contributed by atoms with van der Waals surface area (Å²) >= 11 is 0. The number of nitrogens with one attached hydrogen (secondary N) is 2. The van der Waals surface area contributed by atoms with Crippen LogP contribution >= 0.6 is 0 Å². The van der Waals surface area contributed by atoms with Crippen LogP contribution in [0.25, 0.3) is 0 Å². The van der Waals surface area contributed by atoms with Gasteiger partial charge in [0.1, 0.15) is 0 Å². The van der Waals surface area contributed by atoms with Crippen LogP contribution in [0.3, 0.4) is 0 Å². The van der Waals surface area contributed by atoms with Crippen LogP contribution in [0.2, 0.25) is 0 Å². The van der Waals surface area contributed by atoms with Crippen LogP contribution in [0.4, 0.5) is 13.2 Å². The normalized spacial score (nSPS) is 18.7. The number of sulfone groups is 1. The Balaban J connectivity index is 2.62. The molecule has 0 amide bonds. The number of guanidine groups is 1. The maximum absolute atomic E-state index is 12.6. The van der Waals surface area contributed by atoms with E-state index >= 15 is 0 Å². The molecule has 0 atom stereocenters. The van der Waals surface area contributed by atoms with Crippen molar-refractivity contribution < 1.29 is 30.0 Å². The first-order valence-corrected chi connectivity index (χ1v) is 11.5. The zero-order chi connectivity index (χ0) is 20.0. The number of halogens is 3. The SMILES string of the molecule is CCNC(=NCCS(=O)(=O)CC)NC1CCN(S(=O)(=O)C(F)(F)F)CC1. The van der Waals surface area contributed by atoms with Crippen LogP contribution in [0, 0.1) is 0 Å². The number of rotatable bonds is 7. The lowest BCUT2D eigenvalue weighted by molar-refractivity contribution is -0.0494. The molecule has 154 valence electrons. The Kier molecular flexibility index (Phi) is 8.14. The molecule has 1 rings (SSSR count). The average molecular weight is 422 g/mol. The summed E-state index contributed by atoms with van der Waals surface area (Å²) in [4.78, 5) is 4.15. The van der Waals surface area contributed by atoms with Crippen LogP contribution < -0.4 is 10.6 Å². The molecular formula is C13H25F3N4O4S2. The average Bonchev–Trinajstić information content (AvgIpc) is 2.54. The van der Waals surface area contributed by atoms with Crippen molar-refractivity contribution in [3.05, 3.63) is 0 Å². The van der Waals surface area contributed by atoms with E-state index in [1.54, 1.807) is 6.92 Å². The molecule has 2 N–H and O–H groups in total. The summed E-state index contributed by atoms with van der Waals surface area (Å²) in [5.74, 6) is 0.289. The number of sulfonamides is 1. The van der Waals surface area contributed by atoms with Crippen molar-refractivity contribution in [2.45, 2.75) is 38.2 Å². The molecule has 0 aromatic carbocycles. The third-order valence-electron chi connectivity index (χ3n) is 3.88. The molecule has 1 heterocycles. The quantitative estimate of drug-likeness (QED) is 0.451. The van der Waals surface area contributed by atoms with Crippen molar-refractivity contribution in [2.24, 2.45) is 4.99 Å². The molecule has 0 aromatic heterocycles. The van der Waals surface area contributed by atoms with Gasteiger partial charge in [-0.1, -0.05) is 6.92 Å². The van der Waals surface area contributed by atoms with Crippen molar-refractivity contribution >= 4 is 25.8 Å². The van der Waals surface area contributed by atoms with Gasteiger partial charge in [-0.2, -0.15) is 17.5 Å². The topological polar surface area (TPSA) is 108 Å². The summed E-state index contributed by atoms with van der Waals surface area (Å²) in [7, 11) is -8.45. The molecule has 8 nitrogen and oxygen atoms in total.